The van der Waals surface area contributed by atoms with Crippen LogP contribution in [0.4, 0.5) is 13.9 Å². The fourth-order valence-corrected chi connectivity index (χ4v) is 5.31. The van der Waals surface area contributed by atoms with Crippen LogP contribution in [0.5, 0.6) is 5.75 Å². The molecule has 2 aromatic carbocycles. The van der Waals surface area contributed by atoms with Gasteiger partial charge in [-0.2, -0.15) is 4.37 Å². The third-order valence-corrected chi connectivity index (χ3v) is 6.87. The smallest absolute Gasteiger partial charge is 0.266 e. The van der Waals surface area contributed by atoms with Gasteiger partial charge in [0.25, 0.3) is 10.0 Å². The molecule has 1 fully saturated rings. The Morgan fingerprint density at radius 1 is 1.16 bits per heavy atom. The summed E-state index contributed by atoms with van der Waals surface area (Å²) in [6.07, 6.45) is 0.0622. The number of hydrogen-bond acceptors (Lipinski definition) is 8. The second-order valence-corrected chi connectivity index (χ2v) is 9.86. The van der Waals surface area contributed by atoms with Crippen molar-refractivity contribution >= 4 is 49.9 Å². The summed E-state index contributed by atoms with van der Waals surface area (Å²) in [4.78, 5) is 2.75. The Balaban J connectivity index is 1.60. The van der Waals surface area contributed by atoms with Crippen molar-refractivity contribution < 1.29 is 26.7 Å². The molecular weight excluding hydrogens is 509 g/mol. The third-order valence-electron chi connectivity index (χ3n) is 4.37. The second-order valence-electron chi connectivity index (χ2n) is 6.56. The number of nitrogens with zero attached hydrogens (tertiary/aromatic N) is 2. The Hall–Kier alpha value is -2.09. The molecule has 4 rings (SSSR count). The Bertz CT molecular complexity index is 1210. The van der Waals surface area contributed by atoms with Crippen LogP contribution in [0.15, 0.2) is 41.6 Å². The van der Waals surface area contributed by atoms with Crippen molar-refractivity contribution in [2.24, 2.45) is 0 Å². The molecule has 2 unspecified atom stereocenters. The maximum absolute atomic E-state index is 14.7. The lowest BCUT2D eigenvalue weighted by Crippen LogP contribution is -2.45. The summed E-state index contributed by atoms with van der Waals surface area (Å²) in [6, 6.07) is 5.41. The molecule has 1 saturated heterocycles. The molecule has 0 amide bonds. The van der Waals surface area contributed by atoms with E-state index in [4.69, 9.17) is 32.7 Å². The average Bonchev–Trinajstić information content (AvgIpc) is 3.22. The van der Waals surface area contributed by atoms with E-state index in [9.17, 15) is 17.2 Å². The number of aromatic nitrogens is 2. The first-order chi connectivity index (χ1) is 15.2. The average molecular weight is 523 g/mol. The quantitative estimate of drug-likeness (QED) is 0.504. The molecule has 0 radical (unpaired) electrons. The van der Waals surface area contributed by atoms with Crippen molar-refractivity contribution in [3.05, 3.63) is 63.9 Å². The van der Waals surface area contributed by atoms with E-state index in [-0.39, 0.29) is 11.7 Å². The van der Waals surface area contributed by atoms with E-state index in [1.807, 2.05) is 4.72 Å². The second kappa shape index (κ2) is 9.41. The Kier molecular flexibility index (Phi) is 6.79. The minimum atomic E-state index is -4.44. The van der Waals surface area contributed by atoms with Gasteiger partial charge >= 0.3 is 0 Å². The molecule has 32 heavy (non-hydrogen) atoms. The standard InChI is InChI=1S/C18H14Cl2F2N4O4S2/c19-10-3-9(4-11(20)5-10)16-17(29-2-1-23-16)30-14-6-13(22)15(7-12(14)21)32(27,28)26-18-24-8-25-31-18/h3-8,16-17,23H,1-2H2,(H,24,25,26). The maximum Gasteiger partial charge on any atom is 0.266 e. The van der Waals surface area contributed by atoms with Crippen LogP contribution < -0.4 is 14.8 Å². The number of nitrogens with one attached hydrogen (secondary N) is 2. The van der Waals surface area contributed by atoms with E-state index >= 15 is 0 Å². The molecule has 0 aliphatic carbocycles. The number of hydrogen-bond donors (Lipinski definition) is 2. The lowest BCUT2D eigenvalue weighted by atomic mass is 10.1. The van der Waals surface area contributed by atoms with Crippen molar-refractivity contribution in [3.63, 3.8) is 0 Å². The summed E-state index contributed by atoms with van der Waals surface area (Å²) >= 11 is 12.9. The summed E-state index contributed by atoms with van der Waals surface area (Å²) in [7, 11) is -4.44. The van der Waals surface area contributed by atoms with Crippen molar-refractivity contribution in [3.8, 4) is 5.75 Å². The van der Waals surface area contributed by atoms with Crippen LogP contribution in [0.2, 0.25) is 10.0 Å². The highest BCUT2D eigenvalue weighted by Crippen LogP contribution is 2.32. The highest BCUT2D eigenvalue weighted by atomic mass is 35.5. The van der Waals surface area contributed by atoms with Gasteiger partial charge in [-0.1, -0.05) is 23.2 Å². The molecule has 1 aliphatic heterocycles. The predicted molar refractivity (Wildman–Crippen MR) is 115 cm³/mol. The number of sulfonamides is 1. The number of ether oxygens (including phenoxy) is 2. The number of rotatable bonds is 6. The van der Waals surface area contributed by atoms with Crippen LogP contribution in [0, 0.1) is 11.6 Å². The fourth-order valence-electron chi connectivity index (χ4n) is 3.03. The normalized spacial score (nSPS) is 19.0. The molecule has 8 nitrogen and oxygen atoms in total. The van der Waals surface area contributed by atoms with Crippen molar-refractivity contribution in [1.29, 1.82) is 0 Å². The fraction of sp³-hybridized carbons (Fsp3) is 0.222. The summed E-state index contributed by atoms with van der Waals surface area (Å²) in [6.45, 7) is 0.720. The van der Waals surface area contributed by atoms with Gasteiger partial charge in [0, 0.05) is 40.3 Å². The minimum Gasteiger partial charge on any atom is -0.460 e. The lowest BCUT2D eigenvalue weighted by Gasteiger charge is -2.33. The number of benzene rings is 2. The molecule has 2 heterocycles. The molecular formula is C18H14Cl2F2N4O4S2. The molecule has 1 aliphatic rings. The van der Waals surface area contributed by atoms with Crippen LogP contribution in [0.3, 0.4) is 0 Å². The van der Waals surface area contributed by atoms with Gasteiger partial charge < -0.3 is 14.8 Å². The molecule has 14 heteroatoms. The van der Waals surface area contributed by atoms with E-state index in [0.717, 1.165) is 17.9 Å². The van der Waals surface area contributed by atoms with Gasteiger partial charge in [-0.15, -0.1) is 0 Å². The highest BCUT2D eigenvalue weighted by molar-refractivity contribution is 7.93. The van der Waals surface area contributed by atoms with Gasteiger partial charge in [-0.25, -0.2) is 22.2 Å². The van der Waals surface area contributed by atoms with E-state index in [2.05, 4.69) is 14.7 Å². The van der Waals surface area contributed by atoms with E-state index in [1.165, 1.54) is 0 Å². The summed E-state index contributed by atoms with van der Waals surface area (Å²) < 4.78 is 71.0. The van der Waals surface area contributed by atoms with E-state index in [1.54, 1.807) is 18.2 Å². The van der Waals surface area contributed by atoms with Crippen LogP contribution >= 0.6 is 34.7 Å². The zero-order chi connectivity index (χ0) is 22.9. The van der Waals surface area contributed by atoms with Crippen molar-refractivity contribution in [1.82, 2.24) is 14.7 Å². The number of anilines is 1. The molecule has 1 aromatic heterocycles. The number of morpholine rings is 1. The molecule has 0 bridgehead atoms. The first kappa shape index (κ1) is 23.1. The van der Waals surface area contributed by atoms with Gasteiger partial charge in [-0.3, -0.25) is 4.72 Å². The minimum absolute atomic E-state index is 0.0881. The first-order valence-electron chi connectivity index (χ1n) is 8.99. The Labute approximate surface area is 195 Å². The van der Waals surface area contributed by atoms with Crippen LogP contribution in [-0.2, 0) is 14.8 Å². The van der Waals surface area contributed by atoms with E-state index < -0.39 is 44.6 Å². The van der Waals surface area contributed by atoms with Gasteiger partial charge in [0.2, 0.25) is 11.4 Å². The molecule has 0 saturated carbocycles. The zero-order valence-electron chi connectivity index (χ0n) is 15.9. The van der Waals surface area contributed by atoms with Gasteiger partial charge in [0.1, 0.15) is 17.0 Å². The van der Waals surface area contributed by atoms with Crippen LogP contribution in [0.1, 0.15) is 11.6 Å². The zero-order valence-corrected chi connectivity index (χ0v) is 19.0. The highest BCUT2D eigenvalue weighted by Gasteiger charge is 2.31. The van der Waals surface area contributed by atoms with E-state index in [0.29, 0.717) is 34.3 Å². The third kappa shape index (κ3) is 5.11. The predicted octanol–water partition coefficient (Wildman–Crippen LogP) is 3.99. The lowest BCUT2D eigenvalue weighted by molar-refractivity contribution is -0.125. The van der Waals surface area contributed by atoms with Crippen molar-refractivity contribution in [2.75, 3.05) is 17.9 Å². The molecule has 170 valence electrons. The van der Waals surface area contributed by atoms with Gasteiger partial charge in [0.05, 0.1) is 12.6 Å². The molecule has 2 atom stereocenters. The van der Waals surface area contributed by atoms with Gasteiger partial charge in [0.15, 0.2) is 11.6 Å². The molecule has 0 spiro atoms. The number of halogens is 4. The Morgan fingerprint density at radius 3 is 2.59 bits per heavy atom. The Morgan fingerprint density at radius 2 is 1.91 bits per heavy atom. The largest absolute Gasteiger partial charge is 0.460 e. The topological polar surface area (TPSA) is 102 Å². The van der Waals surface area contributed by atoms with Crippen molar-refractivity contribution in [2.45, 2.75) is 17.2 Å². The summed E-state index contributed by atoms with van der Waals surface area (Å²) in [5.74, 6) is -2.84. The van der Waals surface area contributed by atoms with Crippen LogP contribution in [0.25, 0.3) is 0 Å². The SMILES string of the molecule is O=S(=O)(Nc1ncns1)c1cc(F)c(OC2OCCNC2c2cc(Cl)cc(Cl)c2)cc1F. The first-order valence-corrected chi connectivity index (χ1v) is 12.0. The summed E-state index contributed by atoms with van der Waals surface area (Å²) in [5, 5.41) is 3.83. The van der Waals surface area contributed by atoms with Gasteiger partial charge in [-0.05, 0) is 23.8 Å². The maximum atomic E-state index is 14.7. The van der Waals surface area contributed by atoms with Crippen LogP contribution in [-0.4, -0.2) is 37.2 Å². The summed E-state index contributed by atoms with van der Waals surface area (Å²) in [5.41, 5.74) is 0.619. The molecule has 2 N–H and O–H groups in total. The monoisotopic (exact) mass is 522 g/mol. The molecule has 3 aromatic rings.